The molecule has 0 bridgehead atoms. The van der Waals surface area contributed by atoms with Crippen LogP contribution in [-0.2, 0) is 15.8 Å². The Kier molecular flexibility index (Phi) is 4.23. The number of rotatable bonds is 4. The zero-order valence-electron chi connectivity index (χ0n) is 12.5. The molecular formula is C16H20N2O2S. The van der Waals surface area contributed by atoms with Crippen molar-refractivity contribution < 1.29 is 8.42 Å². The highest BCUT2D eigenvalue weighted by Crippen LogP contribution is 2.24. The van der Waals surface area contributed by atoms with Crippen molar-refractivity contribution in [2.75, 3.05) is 10.5 Å². The van der Waals surface area contributed by atoms with Gasteiger partial charge in [-0.15, -0.1) is 0 Å². The predicted octanol–water partition coefficient (Wildman–Crippen LogP) is 3.14. The number of nitrogens with two attached hydrogens (primary N) is 1. The van der Waals surface area contributed by atoms with Crippen LogP contribution in [0.15, 0.2) is 36.4 Å². The van der Waals surface area contributed by atoms with Crippen molar-refractivity contribution >= 4 is 21.4 Å². The first-order chi connectivity index (χ1) is 9.77. The Hall–Kier alpha value is -2.01. The van der Waals surface area contributed by atoms with Gasteiger partial charge in [-0.3, -0.25) is 4.72 Å². The predicted molar refractivity (Wildman–Crippen MR) is 87.8 cm³/mol. The number of anilines is 2. The molecule has 112 valence electrons. The Morgan fingerprint density at radius 1 is 1.00 bits per heavy atom. The molecule has 21 heavy (non-hydrogen) atoms. The number of aryl methyl sites for hydroxylation is 3. The minimum absolute atomic E-state index is 0.0694. The van der Waals surface area contributed by atoms with Gasteiger partial charge in [0, 0.05) is 5.69 Å². The van der Waals surface area contributed by atoms with Gasteiger partial charge < -0.3 is 5.73 Å². The van der Waals surface area contributed by atoms with Gasteiger partial charge >= 0.3 is 0 Å². The van der Waals surface area contributed by atoms with Crippen molar-refractivity contribution in [1.82, 2.24) is 0 Å². The number of nitrogen functional groups attached to an aromatic ring is 1. The summed E-state index contributed by atoms with van der Waals surface area (Å²) < 4.78 is 27.3. The van der Waals surface area contributed by atoms with E-state index in [1.54, 1.807) is 24.3 Å². The molecule has 2 aromatic rings. The number of benzene rings is 2. The van der Waals surface area contributed by atoms with Gasteiger partial charge in [-0.25, -0.2) is 8.42 Å². The summed E-state index contributed by atoms with van der Waals surface area (Å²) in [6.07, 6.45) is 0. The maximum absolute atomic E-state index is 12.3. The maximum Gasteiger partial charge on any atom is 0.236 e. The van der Waals surface area contributed by atoms with Crippen molar-refractivity contribution in [2.24, 2.45) is 0 Å². The van der Waals surface area contributed by atoms with E-state index in [-0.39, 0.29) is 5.75 Å². The van der Waals surface area contributed by atoms with Gasteiger partial charge in [-0.05, 0) is 49.6 Å². The molecular weight excluding hydrogens is 284 g/mol. The van der Waals surface area contributed by atoms with Gasteiger partial charge in [-0.2, -0.15) is 0 Å². The van der Waals surface area contributed by atoms with Crippen molar-refractivity contribution in [1.29, 1.82) is 0 Å². The lowest BCUT2D eigenvalue weighted by Gasteiger charge is -2.14. The Bertz CT molecular complexity index is 727. The Morgan fingerprint density at radius 2 is 1.52 bits per heavy atom. The minimum Gasteiger partial charge on any atom is -0.399 e. The highest BCUT2D eigenvalue weighted by atomic mass is 32.2. The molecule has 0 saturated heterocycles. The number of hydrogen-bond donors (Lipinski definition) is 2. The van der Waals surface area contributed by atoms with E-state index in [1.165, 1.54) is 0 Å². The highest BCUT2D eigenvalue weighted by Gasteiger charge is 2.14. The second-order valence-corrected chi connectivity index (χ2v) is 7.10. The van der Waals surface area contributed by atoms with Gasteiger partial charge in [0.25, 0.3) is 0 Å². The second kappa shape index (κ2) is 5.77. The summed E-state index contributed by atoms with van der Waals surface area (Å²) in [6.45, 7) is 5.80. The molecule has 0 aromatic heterocycles. The van der Waals surface area contributed by atoms with E-state index in [0.29, 0.717) is 16.9 Å². The molecule has 4 nitrogen and oxygen atoms in total. The summed E-state index contributed by atoms with van der Waals surface area (Å²) in [4.78, 5) is 0. The van der Waals surface area contributed by atoms with Gasteiger partial charge in [0.2, 0.25) is 10.0 Å². The summed E-state index contributed by atoms with van der Waals surface area (Å²) in [5.74, 6) is -0.0694. The van der Waals surface area contributed by atoms with E-state index in [1.807, 2.05) is 32.9 Å². The Balaban J connectivity index is 2.24. The van der Waals surface area contributed by atoms with Gasteiger partial charge in [0.1, 0.15) is 0 Å². The standard InChI is InChI=1S/C16H20N2O2S/c1-11-8-12(2)16(13(3)9-11)18-21(19,20)10-14-4-6-15(17)7-5-14/h4-9,18H,10,17H2,1-3H3. The van der Waals surface area contributed by atoms with E-state index in [4.69, 9.17) is 5.73 Å². The van der Waals surface area contributed by atoms with Crippen molar-refractivity contribution in [3.8, 4) is 0 Å². The van der Waals surface area contributed by atoms with Crippen molar-refractivity contribution in [3.63, 3.8) is 0 Å². The lowest BCUT2D eigenvalue weighted by molar-refractivity contribution is 0.600. The van der Waals surface area contributed by atoms with E-state index >= 15 is 0 Å². The van der Waals surface area contributed by atoms with Crippen LogP contribution in [0.2, 0.25) is 0 Å². The van der Waals surface area contributed by atoms with Crippen LogP contribution in [0.5, 0.6) is 0 Å². The molecule has 0 fully saturated rings. The number of nitrogens with one attached hydrogen (secondary N) is 1. The van der Waals surface area contributed by atoms with Crippen LogP contribution in [0.1, 0.15) is 22.3 Å². The lowest BCUT2D eigenvalue weighted by Crippen LogP contribution is -2.16. The molecule has 0 heterocycles. The average Bonchev–Trinajstić information content (AvgIpc) is 2.36. The van der Waals surface area contributed by atoms with Crippen LogP contribution >= 0.6 is 0 Å². The lowest BCUT2D eigenvalue weighted by atomic mass is 10.1. The summed E-state index contributed by atoms with van der Waals surface area (Å²) in [5, 5.41) is 0. The topological polar surface area (TPSA) is 72.2 Å². The summed E-state index contributed by atoms with van der Waals surface area (Å²) in [7, 11) is -3.45. The fraction of sp³-hybridized carbons (Fsp3) is 0.250. The van der Waals surface area contributed by atoms with E-state index < -0.39 is 10.0 Å². The van der Waals surface area contributed by atoms with Crippen LogP contribution in [0.3, 0.4) is 0 Å². The van der Waals surface area contributed by atoms with Crippen LogP contribution in [-0.4, -0.2) is 8.42 Å². The molecule has 3 N–H and O–H groups in total. The first-order valence-corrected chi connectivity index (χ1v) is 8.35. The smallest absolute Gasteiger partial charge is 0.236 e. The van der Waals surface area contributed by atoms with Crippen LogP contribution in [0.25, 0.3) is 0 Å². The summed E-state index contributed by atoms with van der Waals surface area (Å²) in [5.41, 5.74) is 10.6. The molecule has 0 aliphatic carbocycles. The molecule has 0 aliphatic rings. The molecule has 0 radical (unpaired) electrons. The number of hydrogen-bond acceptors (Lipinski definition) is 3. The zero-order chi connectivity index (χ0) is 15.6. The Labute approximate surface area is 126 Å². The normalized spacial score (nSPS) is 11.4. The zero-order valence-corrected chi connectivity index (χ0v) is 13.3. The monoisotopic (exact) mass is 304 g/mol. The molecule has 0 spiro atoms. The first kappa shape index (κ1) is 15.4. The molecule has 0 atom stereocenters. The Morgan fingerprint density at radius 3 is 2.05 bits per heavy atom. The van der Waals surface area contributed by atoms with Crippen LogP contribution in [0.4, 0.5) is 11.4 Å². The molecule has 0 amide bonds. The largest absolute Gasteiger partial charge is 0.399 e. The van der Waals surface area contributed by atoms with Crippen molar-refractivity contribution in [3.05, 3.63) is 58.7 Å². The number of sulfonamides is 1. The third-order valence-electron chi connectivity index (χ3n) is 3.27. The van der Waals surface area contributed by atoms with Gasteiger partial charge in [-0.1, -0.05) is 29.8 Å². The molecule has 2 aromatic carbocycles. The maximum atomic E-state index is 12.3. The second-order valence-electron chi connectivity index (χ2n) is 5.38. The quantitative estimate of drug-likeness (QED) is 0.852. The van der Waals surface area contributed by atoms with E-state index in [0.717, 1.165) is 16.7 Å². The van der Waals surface area contributed by atoms with Gasteiger partial charge in [0.05, 0.1) is 11.4 Å². The summed E-state index contributed by atoms with van der Waals surface area (Å²) >= 11 is 0. The minimum atomic E-state index is -3.45. The van der Waals surface area contributed by atoms with Crippen LogP contribution in [0, 0.1) is 20.8 Å². The highest BCUT2D eigenvalue weighted by molar-refractivity contribution is 7.91. The molecule has 0 saturated carbocycles. The molecule has 2 rings (SSSR count). The van der Waals surface area contributed by atoms with Crippen LogP contribution < -0.4 is 10.5 Å². The van der Waals surface area contributed by atoms with E-state index in [9.17, 15) is 8.42 Å². The third kappa shape index (κ3) is 3.98. The summed E-state index contributed by atoms with van der Waals surface area (Å²) in [6, 6.07) is 10.8. The molecule has 0 unspecified atom stereocenters. The fourth-order valence-corrected chi connectivity index (χ4v) is 3.70. The SMILES string of the molecule is Cc1cc(C)c(NS(=O)(=O)Cc2ccc(N)cc2)c(C)c1. The third-order valence-corrected chi connectivity index (χ3v) is 4.50. The van der Waals surface area contributed by atoms with Crippen molar-refractivity contribution in [2.45, 2.75) is 26.5 Å². The molecule has 0 aliphatic heterocycles. The average molecular weight is 304 g/mol. The molecule has 5 heteroatoms. The first-order valence-electron chi connectivity index (χ1n) is 6.69. The van der Waals surface area contributed by atoms with E-state index in [2.05, 4.69) is 4.72 Å². The van der Waals surface area contributed by atoms with Gasteiger partial charge in [0.15, 0.2) is 0 Å². The fourth-order valence-electron chi connectivity index (χ4n) is 2.37.